The first-order chi connectivity index (χ1) is 12.7. The lowest BCUT2D eigenvalue weighted by molar-refractivity contribution is -0.118. The Morgan fingerprint density at radius 3 is 2.48 bits per heavy atom. The number of ether oxygens (including phenoxy) is 1. The predicted molar refractivity (Wildman–Crippen MR) is 102 cm³/mol. The summed E-state index contributed by atoms with van der Waals surface area (Å²) in [7, 11) is 0. The summed E-state index contributed by atoms with van der Waals surface area (Å²) in [4.78, 5) is 25.9. The lowest BCUT2D eigenvalue weighted by Gasteiger charge is -2.22. The van der Waals surface area contributed by atoms with Crippen molar-refractivity contribution < 1.29 is 18.7 Å². The van der Waals surface area contributed by atoms with Crippen LogP contribution in [0.4, 0.5) is 14.9 Å². The van der Waals surface area contributed by atoms with Gasteiger partial charge >= 0.3 is 6.09 Å². The number of anilines is 1. The third kappa shape index (κ3) is 4.45. The highest BCUT2D eigenvalue weighted by Crippen LogP contribution is 2.29. The fraction of sp³-hybridized carbons (Fsp3) is 0.333. The smallest absolute Gasteiger partial charge is 0.408 e. The molecule has 27 heavy (non-hydrogen) atoms. The van der Waals surface area contributed by atoms with E-state index in [-0.39, 0.29) is 11.6 Å². The number of amides is 2. The van der Waals surface area contributed by atoms with E-state index in [1.165, 1.54) is 11.0 Å². The average molecular weight is 370 g/mol. The molecule has 1 saturated heterocycles. The Morgan fingerprint density at radius 2 is 1.85 bits per heavy atom. The van der Waals surface area contributed by atoms with Crippen LogP contribution >= 0.6 is 0 Å². The number of nitrogens with zero attached hydrogens (tertiary/aromatic N) is 1. The SMILES string of the molecule is CC(C)(C)OC(=O)N[C@H]1CCN(c2ccc(-c3ccccc3)cc2F)C1=O. The molecule has 0 bridgehead atoms. The van der Waals surface area contributed by atoms with Crippen LogP contribution in [0.25, 0.3) is 11.1 Å². The molecule has 6 heteroatoms. The van der Waals surface area contributed by atoms with Gasteiger partial charge in [0.2, 0.25) is 5.91 Å². The number of hydrogen-bond donors (Lipinski definition) is 1. The normalized spacial score (nSPS) is 17.1. The van der Waals surface area contributed by atoms with Crippen molar-refractivity contribution in [3.8, 4) is 11.1 Å². The molecule has 0 spiro atoms. The van der Waals surface area contributed by atoms with E-state index in [1.54, 1.807) is 32.9 Å². The van der Waals surface area contributed by atoms with Crippen LogP contribution in [0.3, 0.4) is 0 Å². The van der Waals surface area contributed by atoms with Crippen molar-refractivity contribution in [2.24, 2.45) is 0 Å². The molecule has 142 valence electrons. The summed E-state index contributed by atoms with van der Waals surface area (Å²) in [6.07, 6.45) is -0.250. The first kappa shape index (κ1) is 18.9. The number of nitrogens with one attached hydrogen (secondary N) is 1. The molecule has 1 atom stereocenters. The number of alkyl carbamates (subject to hydrolysis) is 1. The van der Waals surface area contributed by atoms with Crippen molar-refractivity contribution in [3.63, 3.8) is 0 Å². The molecule has 1 fully saturated rings. The van der Waals surface area contributed by atoms with Crippen molar-refractivity contribution in [1.29, 1.82) is 0 Å². The molecular formula is C21H23FN2O3. The molecule has 5 nitrogen and oxygen atoms in total. The van der Waals surface area contributed by atoms with Crippen molar-refractivity contribution in [2.75, 3.05) is 11.4 Å². The van der Waals surface area contributed by atoms with Gasteiger partial charge in [0.1, 0.15) is 17.5 Å². The van der Waals surface area contributed by atoms with E-state index in [0.29, 0.717) is 13.0 Å². The van der Waals surface area contributed by atoms with Crippen molar-refractivity contribution >= 4 is 17.7 Å². The maximum absolute atomic E-state index is 14.7. The zero-order valence-corrected chi connectivity index (χ0v) is 15.7. The van der Waals surface area contributed by atoms with Crippen LogP contribution in [0.15, 0.2) is 48.5 Å². The van der Waals surface area contributed by atoms with E-state index in [4.69, 9.17) is 4.74 Å². The average Bonchev–Trinajstić information content (AvgIpc) is 2.94. The van der Waals surface area contributed by atoms with Gasteiger partial charge < -0.3 is 15.0 Å². The largest absolute Gasteiger partial charge is 0.444 e. The Labute approximate surface area is 158 Å². The maximum atomic E-state index is 14.7. The van der Waals surface area contributed by atoms with Gasteiger partial charge in [-0.05, 0) is 50.5 Å². The second-order valence-corrected chi connectivity index (χ2v) is 7.51. The monoisotopic (exact) mass is 370 g/mol. The molecule has 3 rings (SSSR count). The summed E-state index contributed by atoms with van der Waals surface area (Å²) in [5.74, 6) is -0.810. The number of hydrogen-bond acceptors (Lipinski definition) is 3. The van der Waals surface area contributed by atoms with E-state index < -0.39 is 23.6 Å². The van der Waals surface area contributed by atoms with Crippen LogP contribution in [0, 0.1) is 5.82 Å². The van der Waals surface area contributed by atoms with Crippen molar-refractivity contribution in [3.05, 3.63) is 54.3 Å². The number of benzene rings is 2. The van der Waals surface area contributed by atoms with Crippen LogP contribution in [0.1, 0.15) is 27.2 Å². The summed E-state index contributed by atoms with van der Waals surface area (Å²) >= 11 is 0. The number of rotatable bonds is 3. The lowest BCUT2D eigenvalue weighted by atomic mass is 10.1. The minimum absolute atomic E-state index is 0.216. The Bertz CT molecular complexity index is 846. The highest BCUT2D eigenvalue weighted by atomic mass is 19.1. The third-order valence-corrected chi connectivity index (χ3v) is 4.24. The van der Waals surface area contributed by atoms with Crippen LogP contribution in [-0.2, 0) is 9.53 Å². The molecule has 0 aliphatic carbocycles. The van der Waals surface area contributed by atoms with Crippen molar-refractivity contribution in [1.82, 2.24) is 5.32 Å². The first-order valence-corrected chi connectivity index (χ1v) is 8.90. The van der Waals surface area contributed by atoms with Gasteiger partial charge in [0.15, 0.2) is 0 Å². The lowest BCUT2D eigenvalue weighted by Crippen LogP contribution is -2.43. The number of halogens is 1. The molecule has 2 amide bonds. The molecule has 1 aliphatic rings. The van der Waals surface area contributed by atoms with Gasteiger partial charge in [-0.3, -0.25) is 4.79 Å². The Kier molecular flexibility index (Phi) is 5.17. The Morgan fingerprint density at radius 1 is 1.15 bits per heavy atom. The predicted octanol–water partition coefficient (Wildman–Crippen LogP) is 4.12. The summed E-state index contributed by atoms with van der Waals surface area (Å²) < 4.78 is 19.8. The summed E-state index contributed by atoms with van der Waals surface area (Å²) in [5.41, 5.74) is 1.21. The second-order valence-electron chi connectivity index (χ2n) is 7.51. The third-order valence-electron chi connectivity index (χ3n) is 4.24. The molecule has 1 heterocycles. The highest BCUT2D eigenvalue weighted by Gasteiger charge is 2.35. The summed E-state index contributed by atoms with van der Waals surface area (Å²) in [6, 6.07) is 13.6. The molecule has 2 aromatic rings. The minimum Gasteiger partial charge on any atom is -0.444 e. The first-order valence-electron chi connectivity index (χ1n) is 8.90. The summed E-state index contributed by atoms with van der Waals surface area (Å²) in [5, 5.41) is 2.57. The fourth-order valence-electron chi connectivity index (χ4n) is 3.04. The Balaban J connectivity index is 1.72. The number of carbonyl (C=O) groups is 2. The van der Waals surface area contributed by atoms with E-state index >= 15 is 0 Å². The van der Waals surface area contributed by atoms with Gasteiger partial charge in [-0.2, -0.15) is 0 Å². The molecule has 1 N–H and O–H groups in total. The van der Waals surface area contributed by atoms with E-state index in [9.17, 15) is 14.0 Å². The quantitative estimate of drug-likeness (QED) is 0.884. The summed E-state index contributed by atoms with van der Waals surface area (Å²) in [6.45, 7) is 5.58. The molecule has 0 saturated carbocycles. The van der Waals surface area contributed by atoms with E-state index in [2.05, 4.69) is 5.32 Å². The van der Waals surface area contributed by atoms with E-state index in [0.717, 1.165) is 11.1 Å². The fourth-order valence-corrected chi connectivity index (χ4v) is 3.04. The standard InChI is InChI=1S/C21H23FN2O3/c1-21(2,3)27-20(26)23-17-11-12-24(19(17)25)18-10-9-15(13-16(18)22)14-7-5-4-6-8-14/h4-10,13,17H,11-12H2,1-3H3,(H,23,26)/t17-/m0/s1. The van der Waals surface area contributed by atoms with Gasteiger partial charge in [0.25, 0.3) is 0 Å². The zero-order valence-electron chi connectivity index (χ0n) is 15.7. The molecule has 0 unspecified atom stereocenters. The van der Waals surface area contributed by atoms with E-state index in [1.807, 2.05) is 30.3 Å². The minimum atomic E-state index is -0.715. The number of carbonyl (C=O) groups excluding carboxylic acids is 2. The van der Waals surface area contributed by atoms with Gasteiger partial charge in [-0.15, -0.1) is 0 Å². The Hall–Kier alpha value is -2.89. The topological polar surface area (TPSA) is 58.6 Å². The maximum Gasteiger partial charge on any atom is 0.408 e. The molecule has 0 aromatic heterocycles. The van der Waals surface area contributed by atoms with Crippen LogP contribution < -0.4 is 10.2 Å². The van der Waals surface area contributed by atoms with Crippen LogP contribution in [0.2, 0.25) is 0 Å². The molecular weight excluding hydrogens is 347 g/mol. The van der Waals surface area contributed by atoms with Gasteiger partial charge in [0.05, 0.1) is 5.69 Å². The molecule has 0 radical (unpaired) electrons. The second kappa shape index (κ2) is 7.39. The van der Waals surface area contributed by atoms with Gasteiger partial charge in [-0.1, -0.05) is 36.4 Å². The zero-order chi connectivity index (χ0) is 19.6. The molecule has 2 aromatic carbocycles. The van der Waals surface area contributed by atoms with Crippen LogP contribution in [0.5, 0.6) is 0 Å². The van der Waals surface area contributed by atoms with Gasteiger partial charge in [-0.25, -0.2) is 9.18 Å². The van der Waals surface area contributed by atoms with Crippen molar-refractivity contribution in [2.45, 2.75) is 38.8 Å². The molecule has 1 aliphatic heterocycles. The van der Waals surface area contributed by atoms with Crippen LogP contribution in [-0.4, -0.2) is 30.2 Å². The van der Waals surface area contributed by atoms with Gasteiger partial charge in [0, 0.05) is 6.54 Å². The highest BCUT2D eigenvalue weighted by molar-refractivity contribution is 6.01.